The van der Waals surface area contributed by atoms with Crippen molar-refractivity contribution in [2.24, 2.45) is 28.6 Å². The summed E-state index contributed by atoms with van der Waals surface area (Å²) >= 11 is 0. The van der Waals surface area contributed by atoms with Crippen molar-refractivity contribution in [2.75, 3.05) is 6.61 Å². The first kappa shape index (κ1) is 17.7. The Hall–Kier alpha value is -1.72. The predicted molar refractivity (Wildman–Crippen MR) is 95.1 cm³/mol. The van der Waals surface area contributed by atoms with Crippen molar-refractivity contribution in [3.63, 3.8) is 0 Å². The summed E-state index contributed by atoms with van der Waals surface area (Å²) in [5.41, 5.74) is -1.95. The maximum Gasteiger partial charge on any atom is 0.190 e. The number of aliphatic hydroxyl groups excluding tert-OH is 2. The lowest BCUT2D eigenvalue weighted by atomic mass is 9.47. The summed E-state index contributed by atoms with van der Waals surface area (Å²) in [5.74, 6) is -0.427. The normalized spacial score (nSPS) is 46.8. The van der Waals surface area contributed by atoms with Crippen molar-refractivity contribution in [1.29, 1.82) is 0 Å². The van der Waals surface area contributed by atoms with E-state index in [9.17, 15) is 24.9 Å². The van der Waals surface area contributed by atoms with Crippen LogP contribution in [0.5, 0.6) is 0 Å². The predicted octanol–water partition coefficient (Wildman–Crippen LogP) is 2.25. The van der Waals surface area contributed by atoms with Crippen LogP contribution in [0, 0.1) is 28.6 Å². The maximum absolute atomic E-state index is 13.3. The second-order valence-corrected chi connectivity index (χ2v) is 8.87. The maximum atomic E-state index is 13.3. The fraction of sp³-hybridized carbons (Fsp3) is 0.619. The van der Waals surface area contributed by atoms with Gasteiger partial charge in [0.1, 0.15) is 23.8 Å². The van der Waals surface area contributed by atoms with E-state index in [2.05, 4.69) is 6.08 Å². The van der Waals surface area contributed by atoms with Gasteiger partial charge in [0, 0.05) is 23.2 Å². The van der Waals surface area contributed by atoms with Crippen LogP contribution in [0.15, 0.2) is 35.6 Å². The van der Waals surface area contributed by atoms with Crippen molar-refractivity contribution in [3.05, 3.63) is 35.6 Å². The highest BCUT2D eigenvalue weighted by Crippen LogP contribution is 2.65. The molecule has 26 heavy (non-hydrogen) atoms. The Morgan fingerprint density at radius 2 is 2.08 bits per heavy atom. The van der Waals surface area contributed by atoms with Crippen LogP contribution < -0.4 is 0 Å². The van der Waals surface area contributed by atoms with Crippen LogP contribution >= 0.6 is 0 Å². The molecule has 5 nitrogen and oxygen atoms in total. The number of rotatable bonds is 2. The summed E-state index contributed by atoms with van der Waals surface area (Å²) in [7, 11) is 0. The molecule has 0 aromatic carbocycles. The summed E-state index contributed by atoms with van der Waals surface area (Å²) in [6, 6.07) is 0. The number of carbonyl (C=O) groups excluding carboxylic acids is 2. The molecule has 0 amide bonds. The lowest BCUT2D eigenvalue weighted by Crippen LogP contribution is -2.60. The minimum Gasteiger partial charge on any atom is -0.508 e. The molecule has 0 radical (unpaired) electrons. The number of ketones is 2. The Morgan fingerprint density at radius 1 is 1.35 bits per heavy atom. The fourth-order valence-corrected chi connectivity index (χ4v) is 6.39. The minimum atomic E-state index is -1.63. The van der Waals surface area contributed by atoms with Crippen LogP contribution in [0.2, 0.25) is 0 Å². The van der Waals surface area contributed by atoms with Crippen molar-refractivity contribution in [2.45, 2.75) is 45.1 Å². The molecule has 5 heteroatoms. The highest BCUT2D eigenvalue weighted by Gasteiger charge is 2.67. The van der Waals surface area contributed by atoms with E-state index in [4.69, 9.17) is 0 Å². The van der Waals surface area contributed by atoms with Gasteiger partial charge in [0.05, 0.1) is 0 Å². The first-order chi connectivity index (χ1) is 12.2. The van der Waals surface area contributed by atoms with Gasteiger partial charge in [-0.15, -0.1) is 0 Å². The molecule has 0 spiro atoms. The molecular formula is C21H26O5. The summed E-state index contributed by atoms with van der Waals surface area (Å²) in [6.07, 6.45) is 9.22. The van der Waals surface area contributed by atoms with E-state index in [0.29, 0.717) is 19.3 Å². The van der Waals surface area contributed by atoms with Gasteiger partial charge in [0.2, 0.25) is 0 Å². The van der Waals surface area contributed by atoms with Crippen molar-refractivity contribution >= 4 is 11.6 Å². The van der Waals surface area contributed by atoms with E-state index in [-0.39, 0.29) is 35.7 Å². The van der Waals surface area contributed by atoms with Gasteiger partial charge >= 0.3 is 0 Å². The van der Waals surface area contributed by atoms with Crippen LogP contribution in [0.25, 0.3) is 0 Å². The zero-order valence-corrected chi connectivity index (χ0v) is 15.2. The van der Waals surface area contributed by atoms with Crippen LogP contribution in [0.4, 0.5) is 0 Å². The third kappa shape index (κ3) is 1.99. The average molecular weight is 358 g/mol. The molecule has 0 aromatic heterocycles. The van der Waals surface area contributed by atoms with E-state index in [1.165, 1.54) is 0 Å². The highest BCUT2D eigenvalue weighted by atomic mass is 16.3. The summed E-state index contributed by atoms with van der Waals surface area (Å²) in [4.78, 5) is 25.6. The van der Waals surface area contributed by atoms with Gasteiger partial charge in [0.25, 0.3) is 0 Å². The zero-order valence-electron chi connectivity index (χ0n) is 15.2. The molecule has 0 unspecified atom stereocenters. The monoisotopic (exact) mass is 358 g/mol. The Bertz CT molecular complexity index is 777. The molecule has 0 saturated heterocycles. The van der Waals surface area contributed by atoms with Gasteiger partial charge in [-0.1, -0.05) is 26.0 Å². The van der Waals surface area contributed by atoms with Crippen molar-refractivity contribution in [1.82, 2.24) is 0 Å². The Morgan fingerprint density at radius 3 is 2.77 bits per heavy atom. The van der Waals surface area contributed by atoms with Crippen molar-refractivity contribution < 1.29 is 24.9 Å². The number of allylic oxidation sites excluding steroid dienone is 5. The minimum absolute atomic E-state index is 0.0493. The average Bonchev–Trinajstić information content (AvgIpc) is 2.86. The summed E-state index contributed by atoms with van der Waals surface area (Å²) in [6.45, 7) is 3.18. The van der Waals surface area contributed by atoms with E-state index < -0.39 is 28.8 Å². The molecule has 3 N–H and O–H groups in total. The van der Waals surface area contributed by atoms with E-state index in [0.717, 1.165) is 5.57 Å². The fourth-order valence-electron chi connectivity index (χ4n) is 6.39. The van der Waals surface area contributed by atoms with Gasteiger partial charge in [-0.2, -0.15) is 0 Å². The second kappa shape index (κ2) is 5.40. The smallest absolute Gasteiger partial charge is 0.190 e. The largest absolute Gasteiger partial charge is 0.508 e. The Balaban J connectivity index is 1.78. The number of hydrogen-bond donors (Lipinski definition) is 3. The first-order valence-corrected chi connectivity index (χ1v) is 9.37. The highest BCUT2D eigenvalue weighted by molar-refractivity contribution is 5.92. The Labute approximate surface area is 153 Å². The van der Waals surface area contributed by atoms with Gasteiger partial charge in [-0.25, -0.2) is 0 Å². The quantitative estimate of drug-likeness (QED) is 0.704. The summed E-state index contributed by atoms with van der Waals surface area (Å²) in [5, 5.41) is 30.3. The molecule has 0 bridgehead atoms. The van der Waals surface area contributed by atoms with Gasteiger partial charge in [0.15, 0.2) is 5.78 Å². The second-order valence-electron chi connectivity index (χ2n) is 8.87. The molecular weight excluding hydrogens is 332 g/mol. The van der Waals surface area contributed by atoms with Gasteiger partial charge < -0.3 is 15.3 Å². The van der Waals surface area contributed by atoms with E-state index in [1.54, 1.807) is 12.2 Å². The topological polar surface area (TPSA) is 94.8 Å². The lowest BCUT2D eigenvalue weighted by molar-refractivity contribution is -0.167. The number of fused-ring (bicyclic) bond motifs is 5. The third-order valence-corrected chi connectivity index (χ3v) is 7.80. The third-order valence-electron chi connectivity index (χ3n) is 7.80. The number of carbonyl (C=O) groups is 2. The molecule has 4 rings (SSSR count). The zero-order chi connectivity index (χ0) is 18.9. The van der Waals surface area contributed by atoms with E-state index in [1.807, 2.05) is 19.9 Å². The van der Waals surface area contributed by atoms with Crippen LogP contribution in [-0.2, 0) is 9.59 Å². The van der Waals surface area contributed by atoms with Crippen LogP contribution in [0.1, 0.15) is 39.5 Å². The molecule has 0 heterocycles. The number of hydrogen-bond acceptors (Lipinski definition) is 5. The number of aliphatic hydroxyl groups is 3. The molecule has 0 aliphatic heterocycles. The van der Waals surface area contributed by atoms with Crippen LogP contribution in [0.3, 0.4) is 0 Å². The van der Waals surface area contributed by atoms with Gasteiger partial charge in [-0.3, -0.25) is 9.59 Å². The standard InChI is InChI=1S/C21H26O5/c1-19-7-5-13(23)9-12(19)3-4-14-15-6-8-21(26,17(25)11-22)20(15,2)10-16(24)18(14)19/h3,5,7,9,14-15,18,22-23,26H,4,6,8,10-11H2,1-2H3/t14-,15-,18+,19-,20-,21-/m0/s1. The van der Waals surface area contributed by atoms with Crippen molar-refractivity contribution in [3.8, 4) is 0 Å². The lowest BCUT2D eigenvalue weighted by Gasteiger charge is -2.55. The molecule has 0 aromatic rings. The summed E-state index contributed by atoms with van der Waals surface area (Å²) < 4.78 is 0. The first-order valence-electron chi connectivity index (χ1n) is 9.37. The molecule has 4 aliphatic carbocycles. The van der Waals surface area contributed by atoms with Crippen LogP contribution in [-0.4, -0.2) is 39.1 Å². The molecule has 140 valence electrons. The molecule has 2 saturated carbocycles. The van der Waals surface area contributed by atoms with E-state index >= 15 is 0 Å². The Kier molecular flexibility index (Phi) is 3.67. The molecule has 4 aliphatic rings. The number of Topliss-reactive ketones (excluding diaryl/α,β-unsaturated/α-hetero) is 2. The molecule has 6 atom stereocenters. The SMILES string of the molecule is C[C@]12C=CC(O)=CC1=CC[C@@H]1[C@@H]2C(=O)C[C@@]2(C)[C@H]1CC[C@]2(O)C(=O)CO. The van der Waals surface area contributed by atoms with Gasteiger partial charge in [-0.05, 0) is 48.8 Å². The molecule has 2 fully saturated rings.